The minimum Gasteiger partial charge on any atom is -0.398 e. The molecule has 3 N–H and O–H groups in total. The van der Waals surface area contributed by atoms with Gasteiger partial charge in [-0.2, -0.15) is 0 Å². The summed E-state index contributed by atoms with van der Waals surface area (Å²) >= 11 is 3.30. The number of nitrogens with one attached hydrogen (secondary N) is 1. The van der Waals surface area contributed by atoms with Crippen LogP contribution in [0.1, 0.15) is 23.2 Å². The molecule has 0 spiro atoms. The van der Waals surface area contributed by atoms with Gasteiger partial charge in [0, 0.05) is 28.9 Å². The van der Waals surface area contributed by atoms with Crippen molar-refractivity contribution in [3.8, 4) is 0 Å². The molecule has 1 heterocycles. The molecule has 17 heavy (non-hydrogen) atoms. The van der Waals surface area contributed by atoms with Gasteiger partial charge in [0.05, 0.1) is 6.10 Å². The summed E-state index contributed by atoms with van der Waals surface area (Å²) in [6.45, 7) is 1.37. The van der Waals surface area contributed by atoms with E-state index in [9.17, 15) is 4.79 Å². The lowest BCUT2D eigenvalue weighted by Gasteiger charge is -2.11. The lowest BCUT2D eigenvalue weighted by Crippen LogP contribution is -2.31. The highest BCUT2D eigenvalue weighted by Crippen LogP contribution is 2.20. The van der Waals surface area contributed by atoms with Crippen LogP contribution < -0.4 is 11.1 Å². The molecule has 92 valence electrons. The van der Waals surface area contributed by atoms with E-state index in [4.69, 9.17) is 10.5 Å². The van der Waals surface area contributed by atoms with Gasteiger partial charge in [0.1, 0.15) is 0 Å². The Kier molecular flexibility index (Phi) is 4.02. The molecule has 0 aromatic heterocycles. The molecule has 2 rings (SSSR count). The Morgan fingerprint density at radius 2 is 2.41 bits per heavy atom. The molecule has 0 bridgehead atoms. The predicted molar refractivity (Wildman–Crippen MR) is 69.9 cm³/mol. The van der Waals surface area contributed by atoms with Crippen molar-refractivity contribution in [3.63, 3.8) is 0 Å². The molecule has 1 aromatic rings. The first kappa shape index (κ1) is 12.4. The van der Waals surface area contributed by atoms with E-state index >= 15 is 0 Å². The zero-order chi connectivity index (χ0) is 12.3. The summed E-state index contributed by atoms with van der Waals surface area (Å²) in [5.41, 5.74) is 6.89. The number of hydrogen-bond donors (Lipinski definition) is 2. The number of rotatable bonds is 3. The topological polar surface area (TPSA) is 64.4 Å². The van der Waals surface area contributed by atoms with Gasteiger partial charge >= 0.3 is 0 Å². The van der Waals surface area contributed by atoms with E-state index in [1.807, 2.05) is 0 Å². The van der Waals surface area contributed by atoms with Crippen LogP contribution >= 0.6 is 15.9 Å². The second kappa shape index (κ2) is 5.51. The van der Waals surface area contributed by atoms with E-state index < -0.39 is 0 Å². The summed E-state index contributed by atoms with van der Waals surface area (Å²) in [6.07, 6.45) is 2.26. The molecule has 1 saturated heterocycles. The monoisotopic (exact) mass is 298 g/mol. The van der Waals surface area contributed by atoms with Gasteiger partial charge in [0.2, 0.25) is 0 Å². The van der Waals surface area contributed by atoms with Crippen LogP contribution in [-0.4, -0.2) is 25.2 Å². The van der Waals surface area contributed by atoms with Crippen LogP contribution in [-0.2, 0) is 4.74 Å². The Morgan fingerprint density at radius 3 is 3.06 bits per heavy atom. The number of carbonyl (C=O) groups is 1. The maximum Gasteiger partial charge on any atom is 0.251 e. The number of carbonyl (C=O) groups excluding carboxylic acids is 1. The first-order chi connectivity index (χ1) is 8.16. The third-order valence-electron chi connectivity index (χ3n) is 2.78. The fraction of sp³-hybridized carbons (Fsp3) is 0.417. The SMILES string of the molecule is Nc1ccc(C(=O)NCC2CCCO2)cc1Br. The van der Waals surface area contributed by atoms with Gasteiger partial charge < -0.3 is 15.8 Å². The normalized spacial score (nSPS) is 19.2. The van der Waals surface area contributed by atoms with Crippen molar-refractivity contribution >= 4 is 27.5 Å². The highest BCUT2D eigenvalue weighted by Gasteiger charge is 2.16. The van der Waals surface area contributed by atoms with Crippen LogP contribution in [0, 0.1) is 0 Å². The molecule has 0 aliphatic carbocycles. The quantitative estimate of drug-likeness (QED) is 0.838. The van der Waals surface area contributed by atoms with Gasteiger partial charge in [-0.1, -0.05) is 0 Å². The summed E-state index contributed by atoms with van der Waals surface area (Å²) in [7, 11) is 0. The van der Waals surface area contributed by atoms with Crippen molar-refractivity contribution in [1.29, 1.82) is 0 Å². The van der Waals surface area contributed by atoms with E-state index in [1.54, 1.807) is 18.2 Å². The van der Waals surface area contributed by atoms with E-state index in [0.29, 0.717) is 17.8 Å². The molecule has 1 aliphatic rings. The molecule has 1 aromatic carbocycles. The number of benzene rings is 1. The first-order valence-electron chi connectivity index (χ1n) is 5.61. The Balaban J connectivity index is 1.92. The zero-order valence-electron chi connectivity index (χ0n) is 9.41. The van der Waals surface area contributed by atoms with Gasteiger partial charge in [0.25, 0.3) is 5.91 Å². The molecule has 1 fully saturated rings. The van der Waals surface area contributed by atoms with Crippen LogP contribution in [0.3, 0.4) is 0 Å². The van der Waals surface area contributed by atoms with Crippen LogP contribution in [0.15, 0.2) is 22.7 Å². The largest absolute Gasteiger partial charge is 0.398 e. The highest BCUT2D eigenvalue weighted by atomic mass is 79.9. The summed E-state index contributed by atoms with van der Waals surface area (Å²) in [5, 5.41) is 2.86. The minimum absolute atomic E-state index is 0.0961. The second-order valence-corrected chi connectivity index (χ2v) is 4.94. The van der Waals surface area contributed by atoms with Crippen LogP contribution in [0.4, 0.5) is 5.69 Å². The third-order valence-corrected chi connectivity index (χ3v) is 3.46. The Morgan fingerprint density at radius 1 is 1.59 bits per heavy atom. The fourth-order valence-corrected chi connectivity index (χ4v) is 2.16. The number of anilines is 1. The molecule has 1 amide bonds. The molecule has 1 unspecified atom stereocenters. The first-order valence-corrected chi connectivity index (χ1v) is 6.41. The molecule has 0 radical (unpaired) electrons. The number of amides is 1. The van der Waals surface area contributed by atoms with Crippen molar-refractivity contribution in [2.75, 3.05) is 18.9 Å². The van der Waals surface area contributed by atoms with E-state index in [1.165, 1.54) is 0 Å². The Bertz CT molecular complexity index is 417. The summed E-state index contributed by atoms with van der Waals surface area (Å²) in [4.78, 5) is 11.8. The van der Waals surface area contributed by atoms with Crippen molar-refractivity contribution in [2.24, 2.45) is 0 Å². The number of halogens is 1. The zero-order valence-corrected chi connectivity index (χ0v) is 11.0. The summed E-state index contributed by atoms with van der Waals surface area (Å²) < 4.78 is 6.18. The third kappa shape index (κ3) is 3.20. The predicted octanol–water partition coefficient (Wildman–Crippen LogP) is 1.94. The van der Waals surface area contributed by atoms with Crippen LogP contribution in [0.2, 0.25) is 0 Å². The standard InChI is InChI=1S/C12H15BrN2O2/c13-10-6-8(3-4-11(10)14)12(16)15-7-9-2-1-5-17-9/h3-4,6,9H,1-2,5,7,14H2,(H,15,16). The van der Waals surface area contributed by atoms with Gasteiger partial charge in [-0.25, -0.2) is 0 Å². The van der Waals surface area contributed by atoms with Gasteiger partial charge in [0.15, 0.2) is 0 Å². The van der Waals surface area contributed by atoms with Gasteiger partial charge in [-0.05, 0) is 47.0 Å². The highest BCUT2D eigenvalue weighted by molar-refractivity contribution is 9.10. The van der Waals surface area contributed by atoms with Crippen molar-refractivity contribution in [1.82, 2.24) is 5.32 Å². The molecule has 0 saturated carbocycles. The molecule has 5 heteroatoms. The average Bonchev–Trinajstić information content (AvgIpc) is 2.82. The molecule has 4 nitrogen and oxygen atoms in total. The molecule has 1 aliphatic heterocycles. The molecular weight excluding hydrogens is 284 g/mol. The van der Waals surface area contributed by atoms with Gasteiger partial charge in [-0.3, -0.25) is 4.79 Å². The van der Waals surface area contributed by atoms with Crippen molar-refractivity contribution in [2.45, 2.75) is 18.9 Å². The smallest absolute Gasteiger partial charge is 0.251 e. The molecule has 1 atom stereocenters. The summed E-state index contributed by atoms with van der Waals surface area (Å²) in [6, 6.07) is 5.15. The summed E-state index contributed by atoms with van der Waals surface area (Å²) in [5.74, 6) is -0.0961. The fourth-order valence-electron chi connectivity index (χ4n) is 1.78. The van der Waals surface area contributed by atoms with Crippen LogP contribution in [0.25, 0.3) is 0 Å². The Hall–Kier alpha value is -1.07. The lowest BCUT2D eigenvalue weighted by molar-refractivity contribution is 0.0858. The van der Waals surface area contributed by atoms with E-state index in [-0.39, 0.29) is 12.0 Å². The minimum atomic E-state index is -0.0961. The number of hydrogen-bond acceptors (Lipinski definition) is 3. The van der Waals surface area contributed by atoms with E-state index in [2.05, 4.69) is 21.2 Å². The average molecular weight is 299 g/mol. The van der Waals surface area contributed by atoms with Crippen molar-refractivity contribution in [3.05, 3.63) is 28.2 Å². The van der Waals surface area contributed by atoms with Crippen LogP contribution in [0.5, 0.6) is 0 Å². The maximum absolute atomic E-state index is 11.8. The van der Waals surface area contributed by atoms with E-state index in [0.717, 1.165) is 23.9 Å². The second-order valence-electron chi connectivity index (χ2n) is 4.08. The molecular formula is C12H15BrN2O2. The number of nitrogen functional groups attached to an aromatic ring is 1. The maximum atomic E-state index is 11.8. The van der Waals surface area contributed by atoms with Crippen molar-refractivity contribution < 1.29 is 9.53 Å². The lowest BCUT2D eigenvalue weighted by atomic mass is 10.2. The Labute approximate surface area is 109 Å². The number of ether oxygens (including phenoxy) is 1. The number of nitrogens with two attached hydrogens (primary N) is 1. The van der Waals surface area contributed by atoms with Gasteiger partial charge in [-0.15, -0.1) is 0 Å².